The van der Waals surface area contributed by atoms with Gasteiger partial charge in [-0.25, -0.2) is 4.99 Å². The summed E-state index contributed by atoms with van der Waals surface area (Å²) in [4.78, 5) is 3.79. The zero-order valence-electron chi connectivity index (χ0n) is 8.58. The van der Waals surface area contributed by atoms with Gasteiger partial charge in [0.2, 0.25) is 0 Å². The average Bonchev–Trinajstić information content (AvgIpc) is 2.19. The highest BCUT2D eigenvalue weighted by Gasteiger charge is 2.33. The minimum absolute atomic E-state index is 0. The van der Waals surface area contributed by atoms with Gasteiger partial charge in [0.25, 0.3) is 0 Å². The number of hydrogen-bond donors (Lipinski definition) is 1. The topological polar surface area (TPSA) is 38.4 Å². The quantitative estimate of drug-likeness (QED) is 0.437. The van der Waals surface area contributed by atoms with E-state index < -0.39 is 11.7 Å². The molecule has 0 aromatic heterocycles. The van der Waals surface area contributed by atoms with Crippen molar-refractivity contribution in [2.24, 2.45) is 10.7 Å². The minimum atomic E-state index is -4.49. The molecule has 2 nitrogen and oxygen atoms in total. The highest BCUT2D eigenvalue weighted by atomic mass is 127. The Morgan fingerprint density at radius 3 is 2.47 bits per heavy atom. The number of rotatable bonds is 1. The first-order valence-electron chi connectivity index (χ1n) is 4.09. The van der Waals surface area contributed by atoms with Gasteiger partial charge in [-0.3, -0.25) is 0 Å². The van der Waals surface area contributed by atoms with E-state index in [1.54, 1.807) is 6.26 Å². The Bertz CT molecular complexity index is 423. The molecule has 0 spiro atoms. The van der Waals surface area contributed by atoms with Gasteiger partial charge in [-0.1, -0.05) is 23.4 Å². The lowest BCUT2D eigenvalue weighted by atomic mass is 10.2. The van der Waals surface area contributed by atoms with Crippen LogP contribution >= 0.6 is 47.3 Å². The highest BCUT2D eigenvalue weighted by molar-refractivity contribution is 14.0. The van der Waals surface area contributed by atoms with Gasteiger partial charge in [0.05, 0.1) is 16.3 Å². The standard InChI is InChI=1S/C9H8ClF3N2S.HI/c1-16-8(14)15-5-2-3-7(10)6(4-5)9(11,12)13;/h2-4H,1H3,(H2,14,15);1H. The molecule has 17 heavy (non-hydrogen) atoms. The second-order valence-electron chi connectivity index (χ2n) is 2.82. The van der Waals surface area contributed by atoms with Gasteiger partial charge in [0.1, 0.15) is 0 Å². The molecule has 1 rings (SSSR count). The number of hydrogen-bond acceptors (Lipinski definition) is 2. The third-order valence-electron chi connectivity index (χ3n) is 1.70. The van der Waals surface area contributed by atoms with Gasteiger partial charge in [-0.2, -0.15) is 13.2 Å². The van der Waals surface area contributed by atoms with E-state index in [1.165, 1.54) is 6.07 Å². The number of benzene rings is 1. The average molecular weight is 397 g/mol. The first-order valence-corrected chi connectivity index (χ1v) is 5.69. The molecule has 2 N–H and O–H groups in total. The van der Waals surface area contributed by atoms with Gasteiger partial charge in [0, 0.05) is 0 Å². The molecule has 1 aromatic carbocycles. The number of aliphatic imine (C=N–C) groups is 1. The van der Waals surface area contributed by atoms with Crippen LogP contribution in [0.3, 0.4) is 0 Å². The van der Waals surface area contributed by atoms with E-state index in [4.69, 9.17) is 17.3 Å². The molecule has 0 atom stereocenters. The van der Waals surface area contributed by atoms with Gasteiger partial charge >= 0.3 is 6.18 Å². The number of halogens is 5. The number of amidine groups is 1. The van der Waals surface area contributed by atoms with Gasteiger partial charge in [0.15, 0.2) is 5.17 Å². The SMILES string of the molecule is CSC(N)=Nc1ccc(Cl)c(C(F)(F)F)c1.I. The molecule has 0 heterocycles. The zero-order valence-corrected chi connectivity index (χ0v) is 12.5. The first-order chi connectivity index (χ1) is 7.34. The fourth-order valence-electron chi connectivity index (χ4n) is 0.973. The lowest BCUT2D eigenvalue weighted by molar-refractivity contribution is -0.137. The van der Waals surface area contributed by atoms with Crippen LogP contribution in [0, 0.1) is 0 Å². The molecule has 0 radical (unpaired) electrons. The first kappa shape index (κ1) is 16.9. The van der Waals surface area contributed by atoms with Crippen LogP contribution in [0.5, 0.6) is 0 Å². The Balaban J connectivity index is 0.00000256. The second kappa shape index (κ2) is 6.69. The molecule has 8 heteroatoms. The van der Waals surface area contributed by atoms with E-state index in [0.29, 0.717) is 0 Å². The predicted molar refractivity (Wildman–Crippen MR) is 76.7 cm³/mol. The van der Waals surface area contributed by atoms with Crippen LogP contribution in [-0.4, -0.2) is 11.4 Å². The van der Waals surface area contributed by atoms with E-state index in [9.17, 15) is 13.2 Å². The fourth-order valence-corrected chi connectivity index (χ4v) is 1.39. The van der Waals surface area contributed by atoms with Crippen LogP contribution in [0.4, 0.5) is 18.9 Å². The van der Waals surface area contributed by atoms with E-state index in [-0.39, 0.29) is 39.9 Å². The summed E-state index contributed by atoms with van der Waals surface area (Å²) in [5.41, 5.74) is 4.62. The molecule has 0 bridgehead atoms. The highest BCUT2D eigenvalue weighted by Crippen LogP contribution is 2.36. The van der Waals surface area contributed by atoms with Crippen molar-refractivity contribution in [1.82, 2.24) is 0 Å². The van der Waals surface area contributed by atoms with E-state index in [0.717, 1.165) is 23.9 Å². The monoisotopic (exact) mass is 396 g/mol. The van der Waals surface area contributed by atoms with Crippen molar-refractivity contribution in [1.29, 1.82) is 0 Å². The molecule has 0 aliphatic heterocycles. The molecule has 0 saturated heterocycles. The van der Waals surface area contributed by atoms with Crippen molar-refractivity contribution < 1.29 is 13.2 Å². The number of nitrogens with two attached hydrogens (primary N) is 1. The third-order valence-corrected chi connectivity index (χ3v) is 2.54. The Morgan fingerprint density at radius 2 is 2.00 bits per heavy atom. The number of alkyl halides is 3. The Morgan fingerprint density at radius 1 is 1.41 bits per heavy atom. The summed E-state index contributed by atoms with van der Waals surface area (Å²) >= 11 is 6.60. The maximum Gasteiger partial charge on any atom is 0.417 e. The maximum atomic E-state index is 12.5. The van der Waals surface area contributed by atoms with Gasteiger partial charge < -0.3 is 5.73 Å². The summed E-state index contributed by atoms with van der Waals surface area (Å²) < 4.78 is 37.4. The zero-order chi connectivity index (χ0) is 12.3. The van der Waals surface area contributed by atoms with Crippen LogP contribution < -0.4 is 5.73 Å². The second-order valence-corrected chi connectivity index (χ2v) is 4.05. The summed E-state index contributed by atoms with van der Waals surface area (Å²) in [6.45, 7) is 0. The molecule has 0 aliphatic carbocycles. The molecule has 0 saturated carbocycles. The maximum absolute atomic E-state index is 12.5. The van der Waals surface area contributed by atoms with E-state index in [2.05, 4.69) is 4.99 Å². The van der Waals surface area contributed by atoms with Crippen LogP contribution in [-0.2, 0) is 6.18 Å². The van der Waals surface area contributed by atoms with Crippen molar-refractivity contribution in [2.45, 2.75) is 6.18 Å². The Hall–Kier alpha value is -0.150. The van der Waals surface area contributed by atoms with Crippen molar-refractivity contribution >= 4 is 58.2 Å². The molecule has 0 unspecified atom stereocenters. The van der Waals surface area contributed by atoms with Crippen LogP contribution in [0.2, 0.25) is 5.02 Å². The summed E-state index contributed by atoms with van der Waals surface area (Å²) in [6, 6.07) is 3.39. The van der Waals surface area contributed by atoms with E-state index in [1.807, 2.05) is 0 Å². The van der Waals surface area contributed by atoms with Crippen molar-refractivity contribution in [3.8, 4) is 0 Å². The normalized spacial score (nSPS) is 12.2. The molecule has 0 amide bonds. The summed E-state index contributed by atoms with van der Waals surface area (Å²) in [5.74, 6) is 0. The third kappa shape index (κ3) is 4.92. The minimum Gasteiger partial charge on any atom is -0.378 e. The molecule has 1 aromatic rings. The molecule has 0 aliphatic rings. The van der Waals surface area contributed by atoms with Crippen molar-refractivity contribution in [3.63, 3.8) is 0 Å². The lowest BCUT2D eigenvalue weighted by Gasteiger charge is -2.09. The lowest BCUT2D eigenvalue weighted by Crippen LogP contribution is -2.06. The van der Waals surface area contributed by atoms with Crippen molar-refractivity contribution in [3.05, 3.63) is 28.8 Å². The summed E-state index contributed by atoms with van der Waals surface area (Å²) in [5, 5.41) is -0.162. The molecule has 0 fully saturated rings. The Labute approximate surface area is 123 Å². The van der Waals surface area contributed by atoms with Gasteiger partial charge in [-0.15, -0.1) is 24.0 Å². The molecular formula is C9H9ClF3IN2S. The predicted octanol–water partition coefficient (Wildman–Crippen LogP) is 4.29. The molecule has 96 valence electrons. The molecular weight excluding hydrogens is 388 g/mol. The largest absolute Gasteiger partial charge is 0.417 e. The summed E-state index contributed by atoms with van der Waals surface area (Å²) in [7, 11) is 0. The fraction of sp³-hybridized carbons (Fsp3) is 0.222. The van der Waals surface area contributed by atoms with Crippen LogP contribution in [0.15, 0.2) is 23.2 Å². The number of nitrogens with zero attached hydrogens (tertiary/aromatic N) is 1. The Kier molecular flexibility index (Phi) is 6.64. The summed E-state index contributed by atoms with van der Waals surface area (Å²) in [6.07, 6.45) is -2.81. The van der Waals surface area contributed by atoms with Crippen molar-refractivity contribution in [2.75, 3.05) is 6.26 Å². The smallest absolute Gasteiger partial charge is 0.378 e. The van der Waals surface area contributed by atoms with Crippen LogP contribution in [0.25, 0.3) is 0 Å². The van der Waals surface area contributed by atoms with Gasteiger partial charge in [-0.05, 0) is 24.5 Å². The van der Waals surface area contributed by atoms with Crippen LogP contribution in [0.1, 0.15) is 5.56 Å². The number of thioether (sulfide) groups is 1. The van der Waals surface area contributed by atoms with E-state index >= 15 is 0 Å².